The Balaban J connectivity index is 1.86. The highest BCUT2D eigenvalue weighted by atomic mass is 28.4. The summed E-state index contributed by atoms with van der Waals surface area (Å²) in [6.07, 6.45) is 2.59. The summed E-state index contributed by atoms with van der Waals surface area (Å²) in [5.41, 5.74) is 0.110. The highest BCUT2D eigenvalue weighted by Crippen LogP contribution is 2.37. The van der Waals surface area contributed by atoms with E-state index in [0.29, 0.717) is 18.1 Å². The van der Waals surface area contributed by atoms with Crippen LogP contribution in [-0.2, 0) is 15.8 Å². The molecule has 3 aromatic rings. The molecule has 1 amide bonds. The lowest BCUT2D eigenvalue weighted by atomic mass is 10.2. The maximum atomic E-state index is 12.0. The summed E-state index contributed by atoms with van der Waals surface area (Å²) in [5.74, 6) is 0.332. The summed E-state index contributed by atoms with van der Waals surface area (Å²) >= 11 is 0. The zero-order chi connectivity index (χ0) is 24.1. The first kappa shape index (κ1) is 24.6. The van der Waals surface area contributed by atoms with Gasteiger partial charge in [-0.2, -0.15) is 0 Å². The smallest absolute Gasteiger partial charge is 0.413 e. The van der Waals surface area contributed by atoms with Crippen LogP contribution in [0.3, 0.4) is 0 Å². The van der Waals surface area contributed by atoms with E-state index < -0.39 is 20.0 Å². The second-order valence-corrected chi connectivity index (χ2v) is 14.3. The Morgan fingerprint density at radius 1 is 0.848 bits per heavy atom. The molecule has 0 aliphatic rings. The topological polar surface area (TPSA) is 73.3 Å². The third-order valence-corrected chi connectivity index (χ3v) is 10.2. The molecule has 6 nitrogen and oxygen atoms in total. The molecule has 0 saturated heterocycles. The average Bonchev–Trinajstić information content (AvgIpc) is 2.74. The van der Waals surface area contributed by atoms with Crippen LogP contribution >= 0.6 is 0 Å². The van der Waals surface area contributed by atoms with Crippen LogP contribution in [-0.4, -0.2) is 30.0 Å². The third-order valence-electron chi connectivity index (χ3n) is 5.19. The summed E-state index contributed by atoms with van der Waals surface area (Å²) in [5, 5.41) is 4.90. The molecule has 1 aromatic heterocycles. The molecule has 0 unspecified atom stereocenters. The van der Waals surface area contributed by atoms with Crippen LogP contribution < -0.4 is 15.7 Å². The number of anilines is 1. The van der Waals surface area contributed by atoms with Gasteiger partial charge >= 0.3 is 6.09 Å². The molecule has 0 aliphatic carbocycles. The van der Waals surface area contributed by atoms with E-state index in [1.807, 2.05) is 32.9 Å². The van der Waals surface area contributed by atoms with Gasteiger partial charge in [-0.3, -0.25) is 10.3 Å². The number of ether oxygens (including phenoxy) is 1. The van der Waals surface area contributed by atoms with Gasteiger partial charge in [0.25, 0.3) is 8.32 Å². The van der Waals surface area contributed by atoms with Crippen LogP contribution in [0.25, 0.3) is 0 Å². The minimum Gasteiger partial charge on any atom is -0.444 e. The van der Waals surface area contributed by atoms with Crippen molar-refractivity contribution < 1.29 is 14.0 Å². The molecule has 0 saturated carbocycles. The molecule has 174 valence electrons. The van der Waals surface area contributed by atoms with Gasteiger partial charge in [-0.15, -0.1) is 0 Å². The summed E-state index contributed by atoms with van der Waals surface area (Å²) in [6.45, 7) is 12.4. The van der Waals surface area contributed by atoms with Crippen molar-refractivity contribution >= 4 is 30.6 Å². The number of amides is 1. The van der Waals surface area contributed by atoms with Gasteiger partial charge in [0.1, 0.15) is 5.60 Å². The maximum Gasteiger partial charge on any atom is 0.413 e. The Morgan fingerprint density at radius 2 is 1.39 bits per heavy atom. The molecule has 0 aliphatic heterocycles. The number of carbonyl (C=O) groups excluding carboxylic acids is 1. The van der Waals surface area contributed by atoms with Gasteiger partial charge in [0.15, 0.2) is 5.82 Å². The molecule has 0 radical (unpaired) electrons. The van der Waals surface area contributed by atoms with E-state index in [0.717, 1.165) is 0 Å². The predicted molar refractivity (Wildman–Crippen MR) is 134 cm³/mol. The number of nitrogens with one attached hydrogen (secondary N) is 1. The minimum absolute atomic E-state index is 0.124. The Morgan fingerprint density at radius 3 is 1.82 bits per heavy atom. The van der Waals surface area contributed by atoms with Crippen molar-refractivity contribution in [3.63, 3.8) is 0 Å². The van der Waals surface area contributed by atoms with Crippen molar-refractivity contribution in [3.8, 4) is 0 Å². The predicted octanol–water partition coefficient (Wildman–Crippen LogP) is 4.90. The lowest BCUT2D eigenvalue weighted by Crippen LogP contribution is -2.66. The van der Waals surface area contributed by atoms with E-state index in [1.54, 1.807) is 6.20 Å². The van der Waals surface area contributed by atoms with Crippen LogP contribution in [0, 0.1) is 0 Å². The van der Waals surface area contributed by atoms with Crippen LogP contribution in [0.1, 0.15) is 47.2 Å². The number of hydrogen-bond donors (Lipinski definition) is 1. The van der Waals surface area contributed by atoms with E-state index in [1.165, 1.54) is 16.6 Å². The molecule has 3 rings (SSSR count). The fourth-order valence-electron chi connectivity index (χ4n) is 3.85. The molecule has 1 heterocycles. The highest BCUT2D eigenvalue weighted by molar-refractivity contribution is 6.99. The Kier molecular flexibility index (Phi) is 7.34. The molecule has 7 heteroatoms. The summed E-state index contributed by atoms with van der Waals surface area (Å²) < 4.78 is 12.1. The van der Waals surface area contributed by atoms with Gasteiger partial charge in [0, 0.05) is 0 Å². The summed E-state index contributed by atoms with van der Waals surface area (Å²) in [6, 6.07) is 20.9. The van der Waals surface area contributed by atoms with Gasteiger partial charge in [0.2, 0.25) is 0 Å². The van der Waals surface area contributed by atoms with Crippen molar-refractivity contribution in [2.75, 3.05) is 5.32 Å². The van der Waals surface area contributed by atoms with Gasteiger partial charge in [-0.1, -0.05) is 81.4 Å². The quantitative estimate of drug-likeness (QED) is 0.526. The lowest BCUT2D eigenvalue weighted by Gasteiger charge is -2.42. The number of carbonyl (C=O) groups is 1. The maximum absolute atomic E-state index is 12.0. The summed E-state index contributed by atoms with van der Waals surface area (Å²) in [7, 11) is -2.66. The SMILES string of the molecule is CC(C)(C)OC(=O)Nc1cnc(CO[Si](c2ccccc2)(c2ccccc2)C(C)(C)C)cn1. The molecule has 0 spiro atoms. The van der Waals surface area contributed by atoms with Crippen molar-refractivity contribution in [2.24, 2.45) is 0 Å². The molecule has 0 bridgehead atoms. The van der Waals surface area contributed by atoms with Crippen LogP contribution in [0.15, 0.2) is 73.1 Å². The van der Waals surface area contributed by atoms with E-state index >= 15 is 0 Å². The minimum atomic E-state index is -2.66. The first-order valence-electron chi connectivity index (χ1n) is 11.1. The van der Waals surface area contributed by atoms with Crippen molar-refractivity contribution in [1.29, 1.82) is 0 Å². The second kappa shape index (κ2) is 9.85. The third kappa shape index (κ3) is 6.06. The molecule has 1 N–H and O–H groups in total. The zero-order valence-electron chi connectivity index (χ0n) is 20.3. The largest absolute Gasteiger partial charge is 0.444 e. The Bertz CT molecular complexity index is 1000. The van der Waals surface area contributed by atoms with Crippen LogP contribution in [0.4, 0.5) is 10.6 Å². The number of hydrogen-bond acceptors (Lipinski definition) is 5. The van der Waals surface area contributed by atoms with Crippen LogP contribution in [0.2, 0.25) is 5.04 Å². The first-order chi connectivity index (χ1) is 15.5. The number of benzene rings is 2. The number of rotatable bonds is 6. The first-order valence-corrected chi connectivity index (χ1v) is 13.0. The standard InChI is InChI=1S/C26H33N3O3Si/c1-25(2,3)32-24(30)29-23-18-27-20(17-28-23)19-31-33(26(4,5)6,21-13-9-7-10-14-21)22-15-11-8-12-16-22/h7-18H,19H2,1-6H3,(H,28,29,30). The molecule has 33 heavy (non-hydrogen) atoms. The number of aromatic nitrogens is 2. The van der Waals surface area contributed by atoms with E-state index in [9.17, 15) is 4.79 Å². The fraction of sp³-hybridized carbons (Fsp3) is 0.346. The Hall–Kier alpha value is -3.03. The van der Waals surface area contributed by atoms with Gasteiger partial charge in [0.05, 0.1) is 24.7 Å². The van der Waals surface area contributed by atoms with Gasteiger partial charge in [-0.25, -0.2) is 9.78 Å². The van der Waals surface area contributed by atoms with Crippen molar-refractivity contribution in [1.82, 2.24) is 9.97 Å². The normalized spacial score (nSPS) is 12.3. The van der Waals surface area contributed by atoms with Crippen LogP contribution in [0.5, 0.6) is 0 Å². The van der Waals surface area contributed by atoms with E-state index in [4.69, 9.17) is 9.16 Å². The van der Waals surface area contributed by atoms with Gasteiger partial charge in [-0.05, 0) is 36.2 Å². The van der Waals surface area contributed by atoms with E-state index in [2.05, 4.69) is 84.6 Å². The zero-order valence-corrected chi connectivity index (χ0v) is 21.3. The molecule has 0 fully saturated rings. The molecular formula is C26H33N3O3Si. The van der Waals surface area contributed by atoms with Crippen molar-refractivity contribution in [2.45, 2.75) is 58.8 Å². The summed E-state index contributed by atoms with van der Waals surface area (Å²) in [4.78, 5) is 20.8. The monoisotopic (exact) mass is 463 g/mol. The number of nitrogens with zero attached hydrogens (tertiary/aromatic N) is 2. The van der Waals surface area contributed by atoms with Gasteiger partial charge < -0.3 is 9.16 Å². The fourth-order valence-corrected chi connectivity index (χ4v) is 8.37. The highest BCUT2D eigenvalue weighted by Gasteiger charge is 2.50. The van der Waals surface area contributed by atoms with Crippen molar-refractivity contribution in [3.05, 3.63) is 78.8 Å². The lowest BCUT2D eigenvalue weighted by molar-refractivity contribution is 0.0635. The second-order valence-electron chi connectivity index (χ2n) is 9.97. The molecule has 0 atom stereocenters. The Labute approximate surface area is 197 Å². The average molecular weight is 464 g/mol. The molecule has 2 aromatic carbocycles. The van der Waals surface area contributed by atoms with E-state index in [-0.39, 0.29) is 5.04 Å². The molecular weight excluding hydrogens is 430 g/mol.